The Hall–Kier alpha value is -1.12. The second-order valence-corrected chi connectivity index (χ2v) is 3.89. The van der Waals surface area contributed by atoms with Gasteiger partial charge in [0.05, 0.1) is 5.52 Å². The lowest BCUT2D eigenvalue weighted by atomic mass is 10.1. The molecule has 0 atom stereocenters. The molecule has 1 heterocycles. The summed E-state index contributed by atoms with van der Waals surface area (Å²) in [6.07, 6.45) is 0. The summed E-state index contributed by atoms with van der Waals surface area (Å²) in [5.41, 5.74) is 1.74. The first-order chi connectivity index (χ1) is 7.11. The Labute approximate surface area is 96.8 Å². The van der Waals surface area contributed by atoms with Crippen molar-refractivity contribution in [3.05, 3.63) is 40.5 Å². The van der Waals surface area contributed by atoms with Crippen molar-refractivity contribution in [2.24, 2.45) is 0 Å². The van der Waals surface area contributed by atoms with Gasteiger partial charge in [-0.05, 0) is 30.2 Å². The molecule has 0 saturated carbocycles. The summed E-state index contributed by atoms with van der Waals surface area (Å²) < 4.78 is 0. The highest BCUT2D eigenvalue weighted by atomic mass is 35.5. The minimum Gasteiger partial charge on any atom is -0.276 e. The third-order valence-electron chi connectivity index (χ3n) is 2.27. The lowest BCUT2D eigenvalue weighted by Gasteiger charge is -2.07. The molecule has 1 aromatic carbocycles. The molecule has 0 aliphatic carbocycles. The number of hydrogen-bond donors (Lipinski definition) is 0. The second kappa shape index (κ2) is 3.80. The summed E-state index contributed by atoms with van der Waals surface area (Å²) in [5.74, 6) is 0. The van der Waals surface area contributed by atoms with Gasteiger partial charge in [0, 0.05) is 10.9 Å². The van der Waals surface area contributed by atoms with Crippen molar-refractivity contribution >= 4 is 39.3 Å². The van der Waals surface area contributed by atoms with Crippen LogP contribution in [-0.2, 0) is 0 Å². The molecule has 76 valence electrons. The average molecular weight is 240 g/mol. The number of carbonyl (C=O) groups is 1. The summed E-state index contributed by atoms with van der Waals surface area (Å²) in [4.78, 5) is 15.5. The Bertz CT molecular complexity index is 552. The molecular weight excluding hydrogens is 233 g/mol. The fourth-order valence-electron chi connectivity index (χ4n) is 1.53. The van der Waals surface area contributed by atoms with Crippen LogP contribution in [-0.4, -0.2) is 10.2 Å². The molecule has 0 spiro atoms. The van der Waals surface area contributed by atoms with Crippen LogP contribution in [0.2, 0.25) is 5.15 Å². The zero-order valence-electron chi connectivity index (χ0n) is 7.92. The van der Waals surface area contributed by atoms with E-state index in [0.717, 1.165) is 5.39 Å². The van der Waals surface area contributed by atoms with Gasteiger partial charge in [0.15, 0.2) is 0 Å². The number of hydrogen-bond acceptors (Lipinski definition) is 2. The molecule has 2 aromatic rings. The van der Waals surface area contributed by atoms with Crippen molar-refractivity contribution in [3.8, 4) is 0 Å². The molecule has 0 aliphatic rings. The average Bonchev–Trinajstić information content (AvgIpc) is 2.19. The van der Waals surface area contributed by atoms with Crippen molar-refractivity contribution < 1.29 is 4.79 Å². The predicted molar refractivity (Wildman–Crippen MR) is 61.7 cm³/mol. The number of rotatable bonds is 1. The Kier molecular flexibility index (Phi) is 2.63. The molecule has 0 unspecified atom stereocenters. The van der Waals surface area contributed by atoms with Gasteiger partial charge in [-0.25, -0.2) is 4.98 Å². The number of benzene rings is 1. The first-order valence-electron chi connectivity index (χ1n) is 4.36. The van der Waals surface area contributed by atoms with Gasteiger partial charge in [0.2, 0.25) is 0 Å². The van der Waals surface area contributed by atoms with Gasteiger partial charge in [-0.3, -0.25) is 4.79 Å². The Morgan fingerprint density at radius 1 is 1.33 bits per heavy atom. The fourth-order valence-corrected chi connectivity index (χ4v) is 1.96. The molecular formula is C11H7Cl2NO. The van der Waals surface area contributed by atoms with E-state index in [1.165, 1.54) is 0 Å². The molecule has 0 saturated heterocycles. The van der Waals surface area contributed by atoms with Gasteiger partial charge in [-0.1, -0.05) is 29.8 Å². The summed E-state index contributed by atoms with van der Waals surface area (Å²) in [6.45, 7) is 1.73. The van der Waals surface area contributed by atoms with Crippen LogP contribution in [0, 0.1) is 6.92 Å². The summed E-state index contributed by atoms with van der Waals surface area (Å²) in [6, 6.07) is 7.27. The van der Waals surface area contributed by atoms with Crippen LogP contribution < -0.4 is 0 Å². The Morgan fingerprint density at radius 2 is 2.00 bits per heavy atom. The number of pyridine rings is 1. The second-order valence-electron chi connectivity index (χ2n) is 3.19. The van der Waals surface area contributed by atoms with E-state index in [1.807, 2.05) is 12.1 Å². The van der Waals surface area contributed by atoms with Gasteiger partial charge >= 0.3 is 0 Å². The molecule has 0 N–H and O–H groups in total. The van der Waals surface area contributed by atoms with Crippen LogP contribution in [0.15, 0.2) is 24.3 Å². The number of aromatic nitrogens is 1. The number of nitrogens with zero attached hydrogens (tertiary/aromatic N) is 1. The third kappa shape index (κ3) is 1.71. The van der Waals surface area contributed by atoms with E-state index in [4.69, 9.17) is 23.2 Å². The number of carbonyl (C=O) groups excluding carboxylic acids is 1. The van der Waals surface area contributed by atoms with E-state index in [0.29, 0.717) is 21.8 Å². The molecule has 15 heavy (non-hydrogen) atoms. The molecule has 0 amide bonds. The maximum Gasteiger partial charge on any atom is 0.253 e. The Morgan fingerprint density at radius 3 is 2.67 bits per heavy atom. The summed E-state index contributed by atoms with van der Waals surface area (Å²) in [5, 5.41) is 0.546. The monoisotopic (exact) mass is 239 g/mol. The standard InChI is InChI=1S/C11H7Cl2NO/c1-6-9(11(13)15)7-4-2-3-5-8(7)14-10(6)12/h2-5H,1H3. The first kappa shape index (κ1) is 10.4. The smallest absolute Gasteiger partial charge is 0.253 e. The van der Waals surface area contributed by atoms with Crippen LogP contribution in [0.1, 0.15) is 15.9 Å². The van der Waals surface area contributed by atoms with Crippen LogP contribution in [0.4, 0.5) is 0 Å². The van der Waals surface area contributed by atoms with Gasteiger partial charge < -0.3 is 0 Å². The van der Waals surface area contributed by atoms with Crippen LogP contribution in [0.5, 0.6) is 0 Å². The molecule has 4 heteroatoms. The van der Waals surface area contributed by atoms with Crippen molar-refractivity contribution in [3.63, 3.8) is 0 Å². The van der Waals surface area contributed by atoms with Crippen LogP contribution >= 0.6 is 23.2 Å². The molecule has 0 bridgehead atoms. The summed E-state index contributed by atoms with van der Waals surface area (Å²) in [7, 11) is 0. The van der Waals surface area contributed by atoms with E-state index < -0.39 is 5.24 Å². The molecule has 1 aromatic heterocycles. The SMILES string of the molecule is Cc1c(Cl)nc2ccccc2c1C(=O)Cl. The van der Waals surface area contributed by atoms with Crippen molar-refractivity contribution in [1.82, 2.24) is 4.98 Å². The number of halogens is 2. The summed E-state index contributed by atoms with van der Waals surface area (Å²) >= 11 is 11.4. The maximum atomic E-state index is 11.3. The number of fused-ring (bicyclic) bond motifs is 1. The zero-order valence-corrected chi connectivity index (χ0v) is 9.43. The minimum absolute atomic E-state index is 0.317. The highest BCUT2D eigenvalue weighted by molar-refractivity contribution is 6.69. The lowest BCUT2D eigenvalue weighted by molar-refractivity contribution is 0.108. The van der Waals surface area contributed by atoms with E-state index >= 15 is 0 Å². The van der Waals surface area contributed by atoms with E-state index in [-0.39, 0.29) is 0 Å². The number of para-hydroxylation sites is 1. The topological polar surface area (TPSA) is 30.0 Å². The van der Waals surface area contributed by atoms with Gasteiger partial charge in [-0.2, -0.15) is 0 Å². The van der Waals surface area contributed by atoms with Crippen LogP contribution in [0.25, 0.3) is 10.9 Å². The molecule has 0 aliphatic heterocycles. The largest absolute Gasteiger partial charge is 0.276 e. The molecule has 2 rings (SSSR count). The van der Waals surface area contributed by atoms with Crippen molar-refractivity contribution in [2.75, 3.05) is 0 Å². The van der Waals surface area contributed by atoms with Gasteiger partial charge in [0.1, 0.15) is 5.15 Å². The zero-order chi connectivity index (χ0) is 11.0. The van der Waals surface area contributed by atoms with Gasteiger partial charge in [0.25, 0.3) is 5.24 Å². The quantitative estimate of drug-likeness (QED) is 0.563. The van der Waals surface area contributed by atoms with E-state index in [2.05, 4.69) is 4.98 Å². The predicted octanol–water partition coefficient (Wildman–Crippen LogP) is 3.58. The van der Waals surface area contributed by atoms with E-state index in [9.17, 15) is 4.79 Å². The molecule has 0 fully saturated rings. The molecule has 2 nitrogen and oxygen atoms in total. The lowest BCUT2D eigenvalue weighted by Crippen LogP contribution is -1.98. The Balaban J connectivity index is 2.95. The highest BCUT2D eigenvalue weighted by Crippen LogP contribution is 2.26. The van der Waals surface area contributed by atoms with Crippen molar-refractivity contribution in [1.29, 1.82) is 0 Å². The minimum atomic E-state index is -0.506. The van der Waals surface area contributed by atoms with Crippen molar-refractivity contribution in [2.45, 2.75) is 6.92 Å². The first-order valence-corrected chi connectivity index (χ1v) is 5.11. The molecule has 0 radical (unpaired) electrons. The maximum absolute atomic E-state index is 11.3. The van der Waals surface area contributed by atoms with Gasteiger partial charge in [-0.15, -0.1) is 0 Å². The van der Waals surface area contributed by atoms with Crippen LogP contribution in [0.3, 0.4) is 0 Å². The highest BCUT2D eigenvalue weighted by Gasteiger charge is 2.14. The van der Waals surface area contributed by atoms with E-state index in [1.54, 1.807) is 19.1 Å². The normalized spacial score (nSPS) is 10.6. The third-order valence-corrected chi connectivity index (χ3v) is 2.83. The fraction of sp³-hybridized carbons (Fsp3) is 0.0909.